The Morgan fingerprint density at radius 2 is 1.96 bits per heavy atom. The monoisotopic (exact) mass is 396 g/mol. The fourth-order valence-corrected chi connectivity index (χ4v) is 2.86. The molecule has 0 radical (unpaired) electrons. The molecule has 0 unspecified atom stereocenters. The quantitative estimate of drug-likeness (QED) is 0.671. The molecular formula is C21H21ClN4O2. The molecule has 1 aromatic heterocycles. The number of aryl methyl sites for hydroxylation is 1. The lowest BCUT2D eigenvalue weighted by Crippen LogP contribution is -2.21. The van der Waals surface area contributed by atoms with Crippen molar-refractivity contribution < 1.29 is 9.53 Å². The zero-order chi connectivity index (χ0) is 20.1. The fourth-order valence-electron chi connectivity index (χ4n) is 2.70. The smallest absolute Gasteiger partial charge is 0.274 e. The van der Waals surface area contributed by atoms with Gasteiger partial charge in [-0.3, -0.25) is 4.79 Å². The number of nitrogens with one attached hydrogen (secondary N) is 1. The molecule has 0 aliphatic rings. The molecule has 0 aliphatic carbocycles. The number of rotatable bonds is 6. The highest BCUT2D eigenvalue weighted by atomic mass is 35.5. The van der Waals surface area contributed by atoms with Crippen LogP contribution in [0.1, 0.15) is 21.6 Å². The van der Waals surface area contributed by atoms with E-state index in [0.717, 1.165) is 11.1 Å². The number of benzene rings is 2. The summed E-state index contributed by atoms with van der Waals surface area (Å²) in [4.78, 5) is 23.3. The topological polar surface area (TPSA) is 67.3 Å². The summed E-state index contributed by atoms with van der Waals surface area (Å²) in [7, 11) is 3.41. The van der Waals surface area contributed by atoms with Gasteiger partial charge in [0, 0.05) is 30.9 Å². The van der Waals surface area contributed by atoms with Crippen molar-refractivity contribution in [2.75, 3.05) is 24.4 Å². The molecule has 3 rings (SSSR count). The highest BCUT2D eigenvalue weighted by molar-refractivity contribution is 6.31. The van der Waals surface area contributed by atoms with Crippen molar-refractivity contribution in [3.63, 3.8) is 0 Å². The van der Waals surface area contributed by atoms with E-state index < -0.39 is 0 Å². The van der Waals surface area contributed by atoms with Gasteiger partial charge in [-0.25, -0.2) is 9.97 Å². The third-order valence-electron chi connectivity index (χ3n) is 4.21. The predicted octanol–water partition coefficient (Wildman–Crippen LogP) is 4.34. The first-order valence-corrected chi connectivity index (χ1v) is 9.09. The third-order valence-corrected chi connectivity index (χ3v) is 4.62. The van der Waals surface area contributed by atoms with Gasteiger partial charge in [0.15, 0.2) is 0 Å². The van der Waals surface area contributed by atoms with E-state index >= 15 is 0 Å². The molecule has 1 amide bonds. The van der Waals surface area contributed by atoms with E-state index in [1.807, 2.05) is 49.2 Å². The lowest BCUT2D eigenvalue weighted by atomic mass is 10.2. The number of anilines is 2. The van der Waals surface area contributed by atoms with Crippen LogP contribution in [-0.4, -0.2) is 30.0 Å². The van der Waals surface area contributed by atoms with Crippen molar-refractivity contribution >= 4 is 29.1 Å². The lowest BCUT2D eigenvalue weighted by Gasteiger charge is -2.17. The van der Waals surface area contributed by atoms with E-state index in [4.69, 9.17) is 16.3 Å². The molecule has 0 bridgehead atoms. The summed E-state index contributed by atoms with van der Waals surface area (Å²) >= 11 is 6.12. The van der Waals surface area contributed by atoms with Crippen LogP contribution in [0, 0.1) is 6.92 Å². The van der Waals surface area contributed by atoms with Crippen LogP contribution in [-0.2, 0) is 6.54 Å². The maximum Gasteiger partial charge on any atom is 0.274 e. The second kappa shape index (κ2) is 8.71. The maximum absolute atomic E-state index is 12.7. The zero-order valence-corrected chi connectivity index (χ0v) is 16.7. The normalized spacial score (nSPS) is 10.4. The first-order valence-electron chi connectivity index (χ1n) is 8.71. The summed E-state index contributed by atoms with van der Waals surface area (Å²) in [6.07, 6.45) is 1.57. The Morgan fingerprint density at radius 3 is 2.68 bits per heavy atom. The summed E-state index contributed by atoms with van der Waals surface area (Å²) in [6.45, 7) is 2.49. The van der Waals surface area contributed by atoms with Crippen LogP contribution in [0.15, 0.2) is 54.7 Å². The largest absolute Gasteiger partial charge is 0.495 e. The number of carbonyl (C=O) groups excluding carboxylic acids is 1. The van der Waals surface area contributed by atoms with Gasteiger partial charge in [0.05, 0.1) is 12.8 Å². The van der Waals surface area contributed by atoms with E-state index in [-0.39, 0.29) is 11.6 Å². The number of ether oxygens (including phenoxy) is 1. The van der Waals surface area contributed by atoms with Gasteiger partial charge in [-0.1, -0.05) is 41.9 Å². The molecule has 1 heterocycles. The zero-order valence-electron chi connectivity index (χ0n) is 15.9. The molecule has 0 aliphatic heterocycles. The molecule has 0 saturated carbocycles. The SMILES string of the molecule is COc1cc(Cl)c(C)cc1NC(=O)c1ccnc(N(C)Cc2ccccc2)n1. The van der Waals surface area contributed by atoms with Gasteiger partial charge in [-0.05, 0) is 30.2 Å². The van der Waals surface area contributed by atoms with Crippen LogP contribution in [0.25, 0.3) is 0 Å². The number of hydrogen-bond donors (Lipinski definition) is 1. The summed E-state index contributed by atoms with van der Waals surface area (Å²) in [6, 6.07) is 15.0. The molecule has 3 aromatic rings. The Hall–Kier alpha value is -3.12. The van der Waals surface area contributed by atoms with Crippen LogP contribution in [0.2, 0.25) is 5.02 Å². The molecule has 0 fully saturated rings. The van der Waals surface area contributed by atoms with Gasteiger partial charge in [-0.2, -0.15) is 0 Å². The van der Waals surface area contributed by atoms with Crippen molar-refractivity contribution in [1.82, 2.24) is 9.97 Å². The Labute approximate surface area is 169 Å². The number of halogens is 1. The number of carbonyl (C=O) groups is 1. The van der Waals surface area contributed by atoms with Crippen LogP contribution < -0.4 is 15.0 Å². The Bertz CT molecular complexity index is 979. The predicted molar refractivity (Wildman–Crippen MR) is 111 cm³/mol. The minimum absolute atomic E-state index is 0.263. The van der Waals surface area contributed by atoms with Gasteiger partial charge in [0.25, 0.3) is 5.91 Å². The minimum atomic E-state index is -0.350. The Balaban J connectivity index is 1.78. The number of aromatic nitrogens is 2. The van der Waals surface area contributed by atoms with Crippen molar-refractivity contribution in [3.05, 3.63) is 76.6 Å². The Kier molecular flexibility index (Phi) is 6.11. The lowest BCUT2D eigenvalue weighted by molar-refractivity contribution is 0.102. The van der Waals surface area contributed by atoms with Gasteiger partial charge >= 0.3 is 0 Å². The molecule has 0 spiro atoms. The highest BCUT2D eigenvalue weighted by Crippen LogP contribution is 2.31. The summed E-state index contributed by atoms with van der Waals surface area (Å²) < 4.78 is 5.31. The molecule has 144 valence electrons. The third kappa shape index (κ3) is 4.58. The molecule has 1 N–H and O–H groups in total. The van der Waals surface area contributed by atoms with Crippen LogP contribution in [0.5, 0.6) is 5.75 Å². The standard InChI is InChI=1S/C21H21ClN4O2/c1-14-11-18(19(28-3)12-16(14)22)24-20(27)17-9-10-23-21(25-17)26(2)13-15-7-5-4-6-8-15/h4-12H,13H2,1-3H3,(H,24,27). The Morgan fingerprint density at radius 1 is 1.21 bits per heavy atom. The summed E-state index contributed by atoms with van der Waals surface area (Å²) in [5.74, 6) is 0.604. The second-order valence-corrected chi connectivity index (χ2v) is 6.75. The van der Waals surface area contributed by atoms with Crippen LogP contribution >= 0.6 is 11.6 Å². The fraction of sp³-hybridized carbons (Fsp3) is 0.190. The minimum Gasteiger partial charge on any atom is -0.495 e. The molecule has 0 saturated heterocycles. The van der Waals surface area contributed by atoms with Crippen molar-refractivity contribution in [1.29, 1.82) is 0 Å². The van der Waals surface area contributed by atoms with E-state index in [0.29, 0.717) is 29.0 Å². The first-order chi connectivity index (χ1) is 13.5. The number of hydrogen-bond acceptors (Lipinski definition) is 5. The van der Waals surface area contributed by atoms with E-state index in [1.54, 1.807) is 24.4 Å². The summed E-state index contributed by atoms with van der Waals surface area (Å²) in [5.41, 5.74) is 2.76. The molecule has 0 atom stereocenters. The number of amides is 1. The van der Waals surface area contributed by atoms with Gasteiger partial charge in [-0.15, -0.1) is 0 Å². The van der Waals surface area contributed by atoms with Crippen LogP contribution in [0.3, 0.4) is 0 Å². The van der Waals surface area contributed by atoms with E-state index in [9.17, 15) is 4.79 Å². The average Bonchev–Trinajstić information content (AvgIpc) is 2.71. The van der Waals surface area contributed by atoms with Crippen molar-refractivity contribution in [3.8, 4) is 5.75 Å². The summed E-state index contributed by atoms with van der Waals surface area (Å²) in [5, 5.41) is 3.40. The number of nitrogens with zero attached hydrogens (tertiary/aromatic N) is 3. The van der Waals surface area contributed by atoms with E-state index in [2.05, 4.69) is 15.3 Å². The second-order valence-electron chi connectivity index (χ2n) is 6.34. The first kappa shape index (κ1) is 19.6. The van der Waals surface area contributed by atoms with Gasteiger partial charge in [0.1, 0.15) is 11.4 Å². The van der Waals surface area contributed by atoms with Crippen molar-refractivity contribution in [2.24, 2.45) is 0 Å². The average molecular weight is 397 g/mol. The molecular weight excluding hydrogens is 376 g/mol. The van der Waals surface area contributed by atoms with Gasteiger partial charge in [0.2, 0.25) is 5.95 Å². The molecule has 7 heteroatoms. The highest BCUT2D eigenvalue weighted by Gasteiger charge is 2.15. The molecule has 2 aromatic carbocycles. The molecule has 28 heavy (non-hydrogen) atoms. The van der Waals surface area contributed by atoms with Gasteiger partial charge < -0.3 is 15.0 Å². The van der Waals surface area contributed by atoms with Crippen LogP contribution in [0.4, 0.5) is 11.6 Å². The van der Waals surface area contributed by atoms with Crippen molar-refractivity contribution in [2.45, 2.75) is 13.5 Å². The number of methoxy groups -OCH3 is 1. The maximum atomic E-state index is 12.7. The molecule has 6 nitrogen and oxygen atoms in total. The van der Waals surface area contributed by atoms with E-state index in [1.165, 1.54) is 7.11 Å².